The first kappa shape index (κ1) is 21.2. The van der Waals surface area contributed by atoms with Gasteiger partial charge in [-0.3, -0.25) is 14.3 Å². The Balaban J connectivity index is 1.68. The molecule has 3 rings (SSSR count). The Morgan fingerprint density at radius 2 is 1.90 bits per heavy atom. The molecule has 0 radical (unpaired) electrons. The molecule has 30 heavy (non-hydrogen) atoms. The van der Waals surface area contributed by atoms with E-state index in [1.54, 1.807) is 48.1 Å². The summed E-state index contributed by atoms with van der Waals surface area (Å²) in [6, 6.07) is 8.27. The van der Waals surface area contributed by atoms with Crippen LogP contribution in [0.5, 0.6) is 0 Å². The molecular formula is C18H18BrN7O4. The van der Waals surface area contributed by atoms with Gasteiger partial charge in [-0.2, -0.15) is 9.78 Å². The molecule has 12 heteroatoms. The fraction of sp³-hybridized carbons (Fsp3) is 0.222. The Kier molecular flexibility index (Phi) is 6.26. The number of carbonyl (C=O) groups is 2. The number of anilines is 2. The number of hydrogen-bond donors (Lipinski definition) is 2. The normalized spacial score (nSPS) is 10.6. The third kappa shape index (κ3) is 4.54. The number of aryl methyl sites for hydroxylation is 1. The van der Waals surface area contributed by atoms with Crippen molar-refractivity contribution in [1.82, 2.24) is 19.6 Å². The number of halogens is 1. The second-order valence-electron chi connectivity index (χ2n) is 6.25. The highest BCUT2D eigenvalue weighted by molar-refractivity contribution is 9.10. The van der Waals surface area contributed by atoms with Crippen molar-refractivity contribution in [3.8, 4) is 0 Å². The van der Waals surface area contributed by atoms with E-state index in [-0.39, 0.29) is 22.7 Å². The van der Waals surface area contributed by atoms with Crippen molar-refractivity contribution >= 4 is 44.9 Å². The van der Waals surface area contributed by atoms with Gasteiger partial charge in [0.25, 0.3) is 5.91 Å². The summed E-state index contributed by atoms with van der Waals surface area (Å²) in [5.74, 6) is -1.09. The number of nitrogens with zero attached hydrogens (tertiary/aromatic N) is 5. The number of carbonyl (C=O) groups excluding carboxylic acids is 2. The predicted octanol–water partition coefficient (Wildman–Crippen LogP) is 2.97. The van der Waals surface area contributed by atoms with E-state index in [0.29, 0.717) is 29.3 Å². The molecule has 2 aromatic heterocycles. The summed E-state index contributed by atoms with van der Waals surface area (Å²) in [4.78, 5) is 35.1. The van der Waals surface area contributed by atoms with Crippen molar-refractivity contribution in [2.45, 2.75) is 26.9 Å². The van der Waals surface area contributed by atoms with E-state index in [1.165, 1.54) is 4.68 Å². The Bertz CT molecular complexity index is 1120. The third-order valence-corrected chi connectivity index (χ3v) is 5.16. The lowest BCUT2D eigenvalue weighted by Gasteiger charge is -2.09. The van der Waals surface area contributed by atoms with Gasteiger partial charge in [0.1, 0.15) is 16.7 Å². The Hall–Kier alpha value is -3.54. The standard InChI is InChI=1S/C18H18BrN7O4/c1-3-24-14(7-8-20-24)18(28)22-13-6-4-5-12(9-13)21-15(27)10-25-11(2)16(19)17(23-25)26(29)30/h4-9H,3,10H2,1-2H3,(H,21,27)(H,22,28). The molecule has 0 spiro atoms. The monoisotopic (exact) mass is 475 g/mol. The summed E-state index contributed by atoms with van der Waals surface area (Å²) in [5, 5.41) is 24.3. The molecule has 0 fully saturated rings. The lowest BCUT2D eigenvalue weighted by molar-refractivity contribution is -0.390. The molecule has 0 saturated carbocycles. The van der Waals surface area contributed by atoms with E-state index >= 15 is 0 Å². The number of benzene rings is 1. The Morgan fingerprint density at radius 1 is 1.20 bits per heavy atom. The molecule has 156 valence electrons. The van der Waals surface area contributed by atoms with Crippen molar-refractivity contribution in [3.05, 3.63) is 62.5 Å². The number of nitrogens with one attached hydrogen (secondary N) is 2. The lowest BCUT2D eigenvalue weighted by Crippen LogP contribution is -2.21. The molecular weight excluding hydrogens is 458 g/mol. The van der Waals surface area contributed by atoms with Crippen LogP contribution in [-0.2, 0) is 17.9 Å². The number of hydrogen-bond acceptors (Lipinski definition) is 6. The number of nitro groups is 1. The Morgan fingerprint density at radius 3 is 2.53 bits per heavy atom. The summed E-state index contributed by atoms with van der Waals surface area (Å²) in [6.07, 6.45) is 1.55. The van der Waals surface area contributed by atoms with Crippen molar-refractivity contribution in [1.29, 1.82) is 0 Å². The molecule has 0 saturated heterocycles. The molecule has 0 atom stereocenters. The summed E-state index contributed by atoms with van der Waals surface area (Å²) < 4.78 is 3.05. The maximum Gasteiger partial charge on any atom is 0.404 e. The predicted molar refractivity (Wildman–Crippen MR) is 112 cm³/mol. The van der Waals surface area contributed by atoms with Gasteiger partial charge < -0.3 is 20.7 Å². The van der Waals surface area contributed by atoms with Gasteiger partial charge >= 0.3 is 5.82 Å². The first-order chi connectivity index (χ1) is 14.3. The van der Waals surface area contributed by atoms with Crippen LogP contribution in [0.3, 0.4) is 0 Å². The van der Waals surface area contributed by atoms with Crippen molar-refractivity contribution in [2.75, 3.05) is 10.6 Å². The SMILES string of the molecule is CCn1nccc1C(=O)Nc1cccc(NC(=O)Cn2nc([N+](=O)[O-])c(Br)c2C)c1. The van der Waals surface area contributed by atoms with Crippen molar-refractivity contribution in [3.63, 3.8) is 0 Å². The van der Waals surface area contributed by atoms with E-state index in [0.717, 1.165) is 0 Å². The van der Waals surface area contributed by atoms with E-state index in [9.17, 15) is 19.7 Å². The Labute approximate surface area is 179 Å². The summed E-state index contributed by atoms with van der Waals surface area (Å²) in [5.41, 5.74) is 1.84. The van der Waals surface area contributed by atoms with Gasteiger partial charge in [0, 0.05) is 24.1 Å². The van der Waals surface area contributed by atoms with Crippen LogP contribution in [-0.4, -0.2) is 36.3 Å². The quantitative estimate of drug-likeness (QED) is 0.397. The van der Waals surface area contributed by atoms with Gasteiger partial charge in [0.2, 0.25) is 5.91 Å². The van der Waals surface area contributed by atoms with Crippen molar-refractivity contribution < 1.29 is 14.5 Å². The minimum absolute atomic E-state index is 0.204. The number of amides is 2. The molecule has 2 N–H and O–H groups in total. The first-order valence-electron chi connectivity index (χ1n) is 8.90. The van der Waals surface area contributed by atoms with E-state index in [2.05, 4.69) is 36.8 Å². The van der Waals surface area contributed by atoms with Crippen LogP contribution in [0.15, 0.2) is 41.0 Å². The number of rotatable bonds is 7. The van der Waals surface area contributed by atoms with Crippen LogP contribution >= 0.6 is 15.9 Å². The molecule has 0 bridgehead atoms. The molecule has 2 amide bonds. The molecule has 2 heterocycles. The van der Waals surface area contributed by atoms with E-state index in [4.69, 9.17) is 0 Å². The third-order valence-electron chi connectivity index (χ3n) is 4.24. The zero-order chi connectivity index (χ0) is 21.8. The molecule has 1 aromatic carbocycles. The van der Waals surface area contributed by atoms with Crippen LogP contribution < -0.4 is 10.6 Å². The van der Waals surface area contributed by atoms with Crippen LogP contribution in [0.4, 0.5) is 17.2 Å². The highest BCUT2D eigenvalue weighted by Crippen LogP contribution is 2.27. The molecule has 11 nitrogen and oxygen atoms in total. The van der Waals surface area contributed by atoms with Gasteiger partial charge in [0.15, 0.2) is 0 Å². The van der Waals surface area contributed by atoms with Gasteiger partial charge in [0.05, 0.1) is 10.8 Å². The van der Waals surface area contributed by atoms with Crippen LogP contribution in [0.2, 0.25) is 0 Å². The van der Waals surface area contributed by atoms with Gasteiger partial charge in [-0.1, -0.05) is 6.07 Å². The smallest absolute Gasteiger partial charge is 0.358 e. The van der Waals surface area contributed by atoms with Gasteiger partial charge in [-0.25, -0.2) is 0 Å². The average molecular weight is 476 g/mol. The molecule has 0 unspecified atom stereocenters. The van der Waals surface area contributed by atoms with Crippen LogP contribution in [0, 0.1) is 17.0 Å². The maximum absolute atomic E-state index is 12.4. The first-order valence-corrected chi connectivity index (χ1v) is 9.69. The molecule has 3 aromatic rings. The van der Waals surface area contributed by atoms with E-state index in [1.807, 2.05) is 6.92 Å². The molecule has 0 aliphatic carbocycles. The largest absolute Gasteiger partial charge is 0.404 e. The summed E-state index contributed by atoms with van der Waals surface area (Å²) >= 11 is 3.11. The highest BCUT2D eigenvalue weighted by Gasteiger charge is 2.24. The average Bonchev–Trinajstić information content (AvgIpc) is 3.28. The fourth-order valence-corrected chi connectivity index (χ4v) is 3.19. The molecule has 0 aliphatic rings. The maximum atomic E-state index is 12.4. The second-order valence-corrected chi connectivity index (χ2v) is 7.05. The number of aromatic nitrogens is 4. The van der Waals surface area contributed by atoms with Crippen LogP contribution in [0.25, 0.3) is 0 Å². The zero-order valence-corrected chi connectivity index (χ0v) is 17.7. The van der Waals surface area contributed by atoms with Gasteiger partial charge in [-0.05, 0) is 59.0 Å². The summed E-state index contributed by atoms with van der Waals surface area (Å²) in [7, 11) is 0. The zero-order valence-electron chi connectivity index (χ0n) is 16.1. The lowest BCUT2D eigenvalue weighted by atomic mass is 10.2. The fourth-order valence-electron chi connectivity index (χ4n) is 2.76. The molecule has 0 aliphatic heterocycles. The summed E-state index contributed by atoms with van der Waals surface area (Å²) in [6.45, 7) is 3.86. The minimum Gasteiger partial charge on any atom is -0.358 e. The van der Waals surface area contributed by atoms with Gasteiger partial charge in [-0.15, -0.1) is 0 Å². The topological polar surface area (TPSA) is 137 Å². The van der Waals surface area contributed by atoms with Crippen LogP contribution in [0.1, 0.15) is 23.1 Å². The minimum atomic E-state index is -0.623. The van der Waals surface area contributed by atoms with Crippen molar-refractivity contribution in [2.24, 2.45) is 0 Å². The second kappa shape index (κ2) is 8.86. The highest BCUT2D eigenvalue weighted by atomic mass is 79.9. The van der Waals surface area contributed by atoms with E-state index < -0.39 is 10.8 Å².